The normalized spacial score (nSPS) is 28.7. The molecule has 10 heavy (non-hydrogen) atoms. The van der Waals surface area contributed by atoms with Crippen molar-refractivity contribution in [2.75, 3.05) is 33.3 Å². The van der Waals surface area contributed by atoms with Crippen molar-refractivity contribution in [3.8, 4) is 0 Å². The summed E-state index contributed by atoms with van der Waals surface area (Å²) >= 11 is 0. The van der Waals surface area contributed by atoms with Gasteiger partial charge in [0.2, 0.25) is 0 Å². The van der Waals surface area contributed by atoms with Gasteiger partial charge in [-0.2, -0.15) is 0 Å². The fourth-order valence-corrected chi connectivity index (χ4v) is 1.22. The lowest BCUT2D eigenvalue weighted by Crippen LogP contribution is -2.50. The summed E-state index contributed by atoms with van der Waals surface area (Å²) in [6.07, 6.45) is 0. The minimum Gasteiger partial charge on any atom is -0.446 e. The Morgan fingerprint density at radius 2 is 2.60 bits per heavy atom. The lowest BCUT2D eigenvalue weighted by atomic mass is 10.2. The van der Waals surface area contributed by atoms with Gasteiger partial charge in [0.15, 0.2) is 0 Å². The van der Waals surface area contributed by atoms with Gasteiger partial charge in [0.05, 0.1) is 0 Å². The van der Waals surface area contributed by atoms with E-state index < -0.39 is 0 Å². The van der Waals surface area contributed by atoms with Crippen molar-refractivity contribution < 1.29 is 4.65 Å². The Balaban J connectivity index is 2.18. The minimum absolute atomic E-state index is 0.406. The monoisotopic (exact) mass is 140 g/mol. The van der Waals surface area contributed by atoms with E-state index >= 15 is 0 Å². The van der Waals surface area contributed by atoms with Crippen molar-refractivity contribution in [1.82, 2.24) is 10.2 Å². The maximum Gasteiger partial charge on any atom is 0.282 e. The molecule has 1 aliphatic rings. The molecule has 1 aliphatic heterocycles. The Morgan fingerprint density at radius 1 is 1.80 bits per heavy atom. The molecule has 1 heterocycles. The van der Waals surface area contributed by atoms with Crippen LogP contribution in [0.25, 0.3) is 0 Å². The number of likely N-dealkylation sites (N-methyl/N-ethyl adjacent to an activating group) is 1. The molecular formula is C6H13BN2O. The van der Waals surface area contributed by atoms with Crippen molar-refractivity contribution in [3.05, 3.63) is 0 Å². The number of rotatable bonds is 2. The Labute approximate surface area is 63.2 Å². The summed E-state index contributed by atoms with van der Waals surface area (Å²) in [5, 5.41) is 3.30. The Kier molecular flexibility index (Phi) is 3.18. The van der Waals surface area contributed by atoms with E-state index in [1.165, 1.54) is 0 Å². The molecule has 0 aliphatic carbocycles. The number of hydrogen-bond donors (Lipinski definition) is 1. The largest absolute Gasteiger partial charge is 0.446 e. The van der Waals surface area contributed by atoms with Crippen LogP contribution in [0.2, 0.25) is 0 Å². The van der Waals surface area contributed by atoms with Crippen LogP contribution in [0, 0.1) is 0 Å². The van der Waals surface area contributed by atoms with Crippen molar-refractivity contribution in [2.45, 2.75) is 6.04 Å². The second-order valence-corrected chi connectivity index (χ2v) is 2.75. The van der Waals surface area contributed by atoms with E-state index in [-0.39, 0.29) is 0 Å². The number of nitrogens with one attached hydrogen (secondary N) is 1. The Morgan fingerprint density at radius 3 is 3.20 bits per heavy atom. The van der Waals surface area contributed by atoms with Gasteiger partial charge >= 0.3 is 0 Å². The van der Waals surface area contributed by atoms with Crippen LogP contribution in [0.4, 0.5) is 0 Å². The Bertz CT molecular complexity index is 99.7. The van der Waals surface area contributed by atoms with Crippen LogP contribution in [-0.4, -0.2) is 52.3 Å². The summed E-state index contributed by atoms with van der Waals surface area (Å²) in [6, 6.07) is 0.406. The third-order valence-corrected chi connectivity index (χ3v) is 1.76. The summed E-state index contributed by atoms with van der Waals surface area (Å²) in [5.41, 5.74) is 0. The van der Waals surface area contributed by atoms with Gasteiger partial charge in [-0.15, -0.1) is 0 Å². The van der Waals surface area contributed by atoms with Gasteiger partial charge in [-0.25, -0.2) is 0 Å². The molecule has 0 bridgehead atoms. The van der Waals surface area contributed by atoms with Crippen molar-refractivity contribution in [1.29, 1.82) is 0 Å². The highest BCUT2D eigenvalue weighted by atomic mass is 16.4. The molecule has 0 aromatic rings. The second-order valence-electron chi connectivity index (χ2n) is 2.75. The smallest absolute Gasteiger partial charge is 0.282 e. The maximum absolute atomic E-state index is 4.95. The minimum atomic E-state index is 0.406. The molecule has 2 radical (unpaired) electrons. The highest BCUT2D eigenvalue weighted by Crippen LogP contribution is 1.94. The lowest BCUT2D eigenvalue weighted by Gasteiger charge is -2.30. The summed E-state index contributed by atoms with van der Waals surface area (Å²) in [6.45, 7) is 3.77. The van der Waals surface area contributed by atoms with Crippen LogP contribution < -0.4 is 5.32 Å². The molecule has 4 heteroatoms. The first kappa shape index (κ1) is 8.05. The summed E-state index contributed by atoms with van der Waals surface area (Å²) in [7, 11) is 7.05. The van der Waals surface area contributed by atoms with Crippen molar-refractivity contribution in [2.24, 2.45) is 0 Å². The van der Waals surface area contributed by atoms with Crippen LogP contribution in [0.1, 0.15) is 0 Å². The standard InChI is InChI=1S/C6H13BN2O/c1-9-3-2-8-6(4-9)5-10-7/h6,8H,2-5H2,1H3. The molecule has 3 nitrogen and oxygen atoms in total. The number of nitrogens with zero attached hydrogens (tertiary/aromatic N) is 1. The van der Waals surface area contributed by atoms with Gasteiger partial charge in [-0.3, -0.25) is 0 Å². The van der Waals surface area contributed by atoms with Gasteiger partial charge in [0.25, 0.3) is 8.05 Å². The topological polar surface area (TPSA) is 24.5 Å². The first-order chi connectivity index (χ1) is 4.83. The molecule has 0 aromatic heterocycles. The predicted molar refractivity (Wildman–Crippen MR) is 41.0 cm³/mol. The average molecular weight is 140 g/mol. The van der Waals surface area contributed by atoms with Gasteiger partial charge in [0.1, 0.15) is 0 Å². The third-order valence-electron chi connectivity index (χ3n) is 1.76. The molecule has 1 atom stereocenters. The molecule has 0 spiro atoms. The van der Waals surface area contributed by atoms with Gasteiger partial charge < -0.3 is 14.9 Å². The van der Waals surface area contributed by atoms with Crippen LogP contribution in [0.15, 0.2) is 0 Å². The van der Waals surface area contributed by atoms with E-state index in [9.17, 15) is 0 Å². The fourth-order valence-electron chi connectivity index (χ4n) is 1.22. The van der Waals surface area contributed by atoms with Gasteiger partial charge in [-0.05, 0) is 7.05 Å². The molecule has 0 amide bonds. The van der Waals surface area contributed by atoms with Crippen molar-refractivity contribution in [3.63, 3.8) is 0 Å². The van der Waals surface area contributed by atoms with Crippen molar-refractivity contribution >= 4 is 8.05 Å². The van der Waals surface area contributed by atoms with Crippen LogP contribution in [0.5, 0.6) is 0 Å². The zero-order chi connectivity index (χ0) is 7.40. The summed E-state index contributed by atoms with van der Waals surface area (Å²) < 4.78 is 4.54. The first-order valence-corrected chi connectivity index (χ1v) is 3.56. The Hall–Kier alpha value is -0.0551. The van der Waals surface area contributed by atoms with Crippen LogP contribution >= 0.6 is 0 Å². The predicted octanol–water partition coefficient (Wildman–Crippen LogP) is -1.01. The maximum atomic E-state index is 4.95. The third kappa shape index (κ3) is 2.29. The lowest BCUT2D eigenvalue weighted by molar-refractivity contribution is 0.187. The number of piperazine rings is 1. The highest BCUT2D eigenvalue weighted by molar-refractivity contribution is 5.97. The molecule has 1 saturated heterocycles. The van der Waals surface area contributed by atoms with Gasteiger partial charge in [-0.1, -0.05) is 0 Å². The van der Waals surface area contributed by atoms with E-state index in [1.807, 2.05) is 0 Å². The highest BCUT2D eigenvalue weighted by Gasteiger charge is 2.14. The summed E-state index contributed by atoms with van der Waals surface area (Å²) in [4.78, 5) is 2.26. The second kappa shape index (κ2) is 3.96. The molecule has 1 unspecified atom stereocenters. The molecular weight excluding hydrogens is 127 g/mol. The van der Waals surface area contributed by atoms with E-state index in [0.717, 1.165) is 19.6 Å². The fraction of sp³-hybridized carbons (Fsp3) is 1.00. The average Bonchev–Trinajstić information content (AvgIpc) is 1.88. The summed E-state index contributed by atoms with van der Waals surface area (Å²) in [5.74, 6) is 0. The van der Waals surface area contributed by atoms with E-state index in [1.54, 1.807) is 0 Å². The van der Waals surface area contributed by atoms with Crippen LogP contribution in [-0.2, 0) is 4.65 Å². The molecule has 1 N–H and O–H groups in total. The first-order valence-electron chi connectivity index (χ1n) is 3.56. The molecule has 56 valence electrons. The SMILES string of the molecule is [B]OCC1CN(C)CCN1. The zero-order valence-corrected chi connectivity index (χ0v) is 6.34. The zero-order valence-electron chi connectivity index (χ0n) is 6.34. The number of hydrogen-bond acceptors (Lipinski definition) is 3. The van der Waals surface area contributed by atoms with Gasteiger partial charge in [0, 0.05) is 32.3 Å². The molecule has 1 rings (SSSR count). The molecule has 0 aromatic carbocycles. The molecule has 0 saturated carbocycles. The van der Waals surface area contributed by atoms with E-state index in [2.05, 4.69) is 21.9 Å². The van der Waals surface area contributed by atoms with E-state index in [0.29, 0.717) is 12.6 Å². The van der Waals surface area contributed by atoms with E-state index in [4.69, 9.17) is 8.05 Å². The quantitative estimate of drug-likeness (QED) is 0.497. The molecule has 1 fully saturated rings. The van der Waals surface area contributed by atoms with Crippen LogP contribution in [0.3, 0.4) is 0 Å².